The van der Waals surface area contributed by atoms with E-state index >= 15 is 0 Å². The molecule has 5 nitrogen and oxygen atoms in total. The minimum Gasteiger partial charge on any atom is -0.366 e. The lowest BCUT2D eigenvalue weighted by molar-refractivity contribution is 0.0724. The topological polar surface area (TPSA) is 58.1 Å². The van der Waals surface area contributed by atoms with Crippen LogP contribution in [0.1, 0.15) is 65.7 Å². The number of carbonyl (C=O) groups excluding carboxylic acids is 1. The first-order valence-corrected chi connectivity index (χ1v) is 10.3. The summed E-state index contributed by atoms with van der Waals surface area (Å²) >= 11 is 0. The SMILES string of the molecule is O=C(c1ccc(CNc2ncnc3c2CCCCC3)cc1)N1CCCCC1. The van der Waals surface area contributed by atoms with Crippen molar-refractivity contribution in [3.05, 3.63) is 53.0 Å². The second-order valence-corrected chi connectivity index (χ2v) is 7.61. The summed E-state index contributed by atoms with van der Waals surface area (Å²) in [5, 5.41) is 3.48. The van der Waals surface area contributed by atoms with Crippen molar-refractivity contribution < 1.29 is 4.79 Å². The molecular weight excluding hydrogens is 336 g/mol. The van der Waals surface area contributed by atoms with Crippen LogP contribution in [-0.2, 0) is 19.4 Å². The number of nitrogens with zero attached hydrogens (tertiary/aromatic N) is 3. The Balaban J connectivity index is 1.40. The van der Waals surface area contributed by atoms with Gasteiger partial charge in [-0.1, -0.05) is 18.6 Å². The molecule has 1 aliphatic heterocycles. The molecule has 1 aliphatic carbocycles. The molecule has 4 rings (SSSR count). The smallest absolute Gasteiger partial charge is 0.253 e. The summed E-state index contributed by atoms with van der Waals surface area (Å²) in [4.78, 5) is 23.5. The summed E-state index contributed by atoms with van der Waals surface area (Å²) in [7, 11) is 0. The highest BCUT2D eigenvalue weighted by atomic mass is 16.2. The van der Waals surface area contributed by atoms with E-state index in [1.165, 1.54) is 36.9 Å². The third-order valence-electron chi connectivity index (χ3n) is 5.68. The standard InChI is InChI=1S/C22H28N4O/c27-22(26-13-5-2-6-14-26)18-11-9-17(10-12-18)15-23-21-19-7-3-1-4-8-20(19)24-16-25-21/h9-12,16H,1-8,13-15H2,(H,23,24,25). The highest BCUT2D eigenvalue weighted by molar-refractivity contribution is 5.94. The lowest BCUT2D eigenvalue weighted by Gasteiger charge is -2.26. The molecule has 27 heavy (non-hydrogen) atoms. The molecule has 2 heterocycles. The van der Waals surface area contributed by atoms with Gasteiger partial charge in [-0.05, 0) is 62.6 Å². The fourth-order valence-electron chi connectivity index (χ4n) is 4.08. The molecule has 5 heteroatoms. The Labute approximate surface area is 161 Å². The molecule has 0 radical (unpaired) electrons. The van der Waals surface area contributed by atoms with Gasteiger partial charge in [-0.15, -0.1) is 0 Å². The average Bonchev–Trinajstić information content (AvgIpc) is 2.99. The second kappa shape index (κ2) is 8.51. The number of piperidine rings is 1. The molecule has 1 N–H and O–H groups in total. The van der Waals surface area contributed by atoms with Crippen LogP contribution in [0.2, 0.25) is 0 Å². The molecule has 1 saturated heterocycles. The van der Waals surface area contributed by atoms with E-state index in [4.69, 9.17) is 0 Å². The van der Waals surface area contributed by atoms with Crippen LogP contribution in [-0.4, -0.2) is 33.9 Å². The summed E-state index contributed by atoms with van der Waals surface area (Å²) in [6, 6.07) is 8.00. The molecule has 0 unspecified atom stereocenters. The van der Waals surface area contributed by atoms with E-state index in [2.05, 4.69) is 15.3 Å². The number of amides is 1. The first-order valence-electron chi connectivity index (χ1n) is 10.3. The number of carbonyl (C=O) groups is 1. The Bertz CT molecular complexity index is 781. The summed E-state index contributed by atoms with van der Waals surface area (Å²) in [5.74, 6) is 1.13. The van der Waals surface area contributed by atoms with Crippen LogP contribution in [0.5, 0.6) is 0 Å². The minimum atomic E-state index is 0.162. The van der Waals surface area contributed by atoms with E-state index in [1.54, 1.807) is 6.33 Å². The van der Waals surface area contributed by atoms with Crippen molar-refractivity contribution in [3.63, 3.8) is 0 Å². The van der Waals surface area contributed by atoms with Gasteiger partial charge in [0.1, 0.15) is 12.1 Å². The van der Waals surface area contributed by atoms with Crippen LogP contribution in [0, 0.1) is 0 Å². The molecule has 0 saturated carbocycles. The molecular formula is C22H28N4O. The van der Waals surface area contributed by atoms with Gasteiger partial charge in [0.25, 0.3) is 5.91 Å². The van der Waals surface area contributed by atoms with Gasteiger partial charge in [-0.2, -0.15) is 0 Å². The number of hydrogen-bond donors (Lipinski definition) is 1. The van der Waals surface area contributed by atoms with Crippen LogP contribution in [0.4, 0.5) is 5.82 Å². The summed E-state index contributed by atoms with van der Waals surface area (Å²) < 4.78 is 0. The van der Waals surface area contributed by atoms with Gasteiger partial charge in [-0.25, -0.2) is 9.97 Å². The zero-order valence-corrected chi connectivity index (χ0v) is 15.9. The van der Waals surface area contributed by atoms with Crippen molar-refractivity contribution in [3.8, 4) is 0 Å². The molecule has 1 aromatic carbocycles. The van der Waals surface area contributed by atoms with Crippen LogP contribution in [0.15, 0.2) is 30.6 Å². The fraction of sp³-hybridized carbons (Fsp3) is 0.500. The number of likely N-dealkylation sites (tertiary alicyclic amines) is 1. The van der Waals surface area contributed by atoms with E-state index in [-0.39, 0.29) is 5.91 Å². The predicted molar refractivity (Wildman–Crippen MR) is 107 cm³/mol. The van der Waals surface area contributed by atoms with E-state index in [9.17, 15) is 4.79 Å². The average molecular weight is 364 g/mol. The maximum absolute atomic E-state index is 12.6. The van der Waals surface area contributed by atoms with Crippen LogP contribution in [0.25, 0.3) is 0 Å². The third kappa shape index (κ3) is 4.29. The van der Waals surface area contributed by atoms with Gasteiger partial charge >= 0.3 is 0 Å². The summed E-state index contributed by atoms with van der Waals surface area (Å²) in [6.07, 6.45) is 11.0. The van der Waals surface area contributed by atoms with Crippen molar-refractivity contribution in [2.45, 2.75) is 57.9 Å². The van der Waals surface area contributed by atoms with Gasteiger partial charge in [0, 0.05) is 36.5 Å². The van der Waals surface area contributed by atoms with Crippen molar-refractivity contribution >= 4 is 11.7 Å². The van der Waals surface area contributed by atoms with Gasteiger partial charge in [0.15, 0.2) is 0 Å². The number of benzene rings is 1. The Kier molecular flexibility index (Phi) is 5.66. The molecule has 142 valence electrons. The number of aromatic nitrogens is 2. The number of nitrogens with one attached hydrogen (secondary N) is 1. The van der Waals surface area contributed by atoms with Gasteiger partial charge < -0.3 is 10.2 Å². The first kappa shape index (κ1) is 18.0. The Morgan fingerprint density at radius 1 is 0.926 bits per heavy atom. The Hall–Kier alpha value is -2.43. The van der Waals surface area contributed by atoms with Crippen LogP contribution in [0.3, 0.4) is 0 Å². The Morgan fingerprint density at radius 2 is 1.67 bits per heavy atom. The summed E-state index contributed by atoms with van der Waals surface area (Å²) in [6.45, 7) is 2.49. The molecule has 1 fully saturated rings. The van der Waals surface area contributed by atoms with Gasteiger partial charge in [0.05, 0.1) is 0 Å². The number of anilines is 1. The monoisotopic (exact) mass is 364 g/mol. The Morgan fingerprint density at radius 3 is 2.48 bits per heavy atom. The molecule has 2 aromatic rings. The lowest BCUT2D eigenvalue weighted by atomic mass is 10.1. The van der Waals surface area contributed by atoms with Crippen molar-refractivity contribution in [1.29, 1.82) is 0 Å². The van der Waals surface area contributed by atoms with E-state index in [0.717, 1.165) is 55.7 Å². The van der Waals surface area contributed by atoms with E-state index in [1.807, 2.05) is 29.2 Å². The van der Waals surface area contributed by atoms with E-state index in [0.29, 0.717) is 6.54 Å². The van der Waals surface area contributed by atoms with Crippen molar-refractivity contribution in [2.75, 3.05) is 18.4 Å². The molecule has 0 atom stereocenters. The highest BCUT2D eigenvalue weighted by Crippen LogP contribution is 2.24. The number of rotatable bonds is 4. The molecule has 0 spiro atoms. The first-order chi connectivity index (χ1) is 13.3. The normalized spacial score (nSPS) is 17.1. The zero-order chi connectivity index (χ0) is 18.5. The number of fused-ring (bicyclic) bond motifs is 1. The van der Waals surface area contributed by atoms with Crippen molar-refractivity contribution in [1.82, 2.24) is 14.9 Å². The molecule has 1 amide bonds. The van der Waals surface area contributed by atoms with Crippen molar-refractivity contribution in [2.24, 2.45) is 0 Å². The van der Waals surface area contributed by atoms with Crippen LogP contribution >= 0.6 is 0 Å². The molecule has 0 bridgehead atoms. The third-order valence-corrected chi connectivity index (χ3v) is 5.68. The van der Waals surface area contributed by atoms with Gasteiger partial charge in [-0.3, -0.25) is 4.79 Å². The summed E-state index contributed by atoms with van der Waals surface area (Å²) in [5.41, 5.74) is 4.43. The lowest BCUT2D eigenvalue weighted by Crippen LogP contribution is -2.35. The maximum Gasteiger partial charge on any atom is 0.253 e. The highest BCUT2D eigenvalue weighted by Gasteiger charge is 2.18. The van der Waals surface area contributed by atoms with Gasteiger partial charge in [0.2, 0.25) is 0 Å². The molecule has 2 aliphatic rings. The largest absolute Gasteiger partial charge is 0.366 e. The number of aryl methyl sites for hydroxylation is 1. The fourth-order valence-corrected chi connectivity index (χ4v) is 4.08. The van der Waals surface area contributed by atoms with Crippen LogP contribution < -0.4 is 5.32 Å². The minimum absolute atomic E-state index is 0.162. The zero-order valence-electron chi connectivity index (χ0n) is 15.9. The maximum atomic E-state index is 12.6. The van der Waals surface area contributed by atoms with E-state index < -0.39 is 0 Å². The quantitative estimate of drug-likeness (QED) is 0.834. The second-order valence-electron chi connectivity index (χ2n) is 7.61. The molecule has 1 aromatic heterocycles. The predicted octanol–water partition coefficient (Wildman–Crippen LogP) is 3.98. The number of hydrogen-bond acceptors (Lipinski definition) is 4.